The fourth-order valence-electron chi connectivity index (χ4n) is 2.35. The molecule has 0 spiro atoms. The van der Waals surface area contributed by atoms with E-state index in [2.05, 4.69) is 31.1 Å². The number of benzene rings is 1. The SMILES string of the molecule is Cc1cc(Br)cc(C(N)=O)c1NC(=O)c1cc(OCC(F)F)nn1CC(F)F. The number of aromatic nitrogens is 2. The summed E-state index contributed by atoms with van der Waals surface area (Å²) < 4.78 is 56.0. The number of amides is 2. The Kier molecular flexibility index (Phi) is 7.00. The Hall–Kier alpha value is -2.63. The van der Waals surface area contributed by atoms with Crippen molar-refractivity contribution in [1.29, 1.82) is 0 Å². The average molecular weight is 467 g/mol. The molecule has 0 saturated heterocycles. The summed E-state index contributed by atoms with van der Waals surface area (Å²) in [5, 5.41) is 6.03. The minimum absolute atomic E-state index is 0.00526. The third-order valence-corrected chi connectivity index (χ3v) is 3.92. The van der Waals surface area contributed by atoms with E-state index in [4.69, 9.17) is 5.73 Å². The lowest BCUT2D eigenvalue weighted by Crippen LogP contribution is -2.23. The van der Waals surface area contributed by atoms with E-state index < -0.39 is 43.7 Å². The van der Waals surface area contributed by atoms with Gasteiger partial charge in [-0.15, -0.1) is 5.10 Å². The van der Waals surface area contributed by atoms with Crippen LogP contribution in [0.3, 0.4) is 0 Å². The molecule has 0 unspecified atom stereocenters. The molecule has 0 radical (unpaired) electrons. The van der Waals surface area contributed by atoms with Gasteiger partial charge in [0.1, 0.15) is 12.2 Å². The van der Waals surface area contributed by atoms with Gasteiger partial charge in [-0.1, -0.05) is 15.9 Å². The van der Waals surface area contributed by atoms with E-state index in [1.807, 2.05) is 0 Å². The molecular formula is C16H15BrF4N4O3. The molecule has 0 aliphatic carbocycles. The molecule has 0 aliphatic rings. The standard InChI is InChI=1S/C16H15BrF4N4O3/c1-7-2-8(17)3-9(15(22)26)14(7)23-16(27)10-4-13(28-6-12(20)21)24-25(10)5-11(18)19/h2-4,11-12H,5-6H2,1H3,(H2,22,26)(H,23,27). The normalized spacial score (nSPS) is 11.1. The summed E-state index contributed by atoms with van der Waals surface area (Å²) in [6.45, 7) is -0.367. The molecule has 2 amide bonds. The van der Waals surface area contributed by atoms with Crippen LogP contribution in [-0.4, -0.2) is 41.1 Å². The second-order valence-corrected chi connectivity index (χ2v) is 6.52. The third kappa shape index (κ3) is 5.44. The molecule has 3 N–H and O–H groups in total. The fraction of sp³-hybridized carbons (Fsp3) is 0.312. The molecule has 2 aromatic rings. The summed E-state index contributed by atoms with van der Waals surface area (Å²) in [5.41, 5.74) is 5.51. The first-order chi connectivity index (χ1) is 13.1. The van der Waals surface area contributed by atoms with Crippen LogP contribution in [0.5, 0.6) is 5.88 Å². The van der Waals surface area contributed by atoms with E-state index in [0.717, 1.165) is 6.07 Å². The minimum Gasteiger partial charge on any atom is -0.471 e. The van der Waals surface area contributed by atoms with Crippen LogP contribution >= 0.6 is 15.9 Å². The van der Waals surface area contributed by atoms with Crippen molar-refractivity contribution in [1.82, 2.24) is 9.78 Å². The zero-order chi connectivity index (χ0) is 21.0. The van der Waals surface area contributed by atoms with Crippen LogP contribution in [0.15, 0.2) is 22.7 Å². The number of primary amides is 1. The van der Waals surface area contributed by atoms with Crippen molar-refractivity contribution in [2.24, 2.45) is 5.73 Å². The Morgan fingerprint density at radius 2 is 1.93 bits per heavy atom. The summed E-state index contributed by atoms with van der Waals surface area (Å²) in [5.74, 6) is -2.12. The number of ether oxygens (including phenoxy) is 1. The summed E-state index contributed by atoms with van der Waals surface area (Å²) in [7, 11) is 0. The molecule has 1 heterocycles. The third-order valence-electron chi connectivity index (χ3n) is 3.46. The predicted octanol–water partition coefficient (Wildman–Crippen LogP) is 3.21. The van der Waals surface area contributed by atoms with Crippen molar-refractivity contribution in [2.45, 2.75) is 26.3 Å². The number of nitrogens with two attached hydrogens (primary N) is 1. The van der Waals surface area contributed by atoms with E-state index in [1.54, 1.807) is 13.0 Å². The zero-order valence-corrected chi connectivity index (χ0v) is 16.0. The van der Waals surface area contributed by atoms with Gasteiger partial charge in [-0.05, 0) is 24.6 Å². The van der Waals surface area contributed by atoms with Crippen molar-refractivity contribution in [2.75, 3.05) is 11.9 Å². The number of carbonyl (C=O) groups is 2. The highest BCUT2D eigenvalue weighted by Gasteiger charge is 2.22. The first-order valence-corrected chi connectivity index (χ1v) is 8.56. The number of hydrogen-bond acceptors (Lipinski definition) is 4. The number of aryl methyl sites for hydroxylation is 1. The Labute approximate surface area is 165 Å². The summed E-state index contributed by atoms with van der Waals surface area (Å²) in [6.07, 6.45) is -5.66. The maximum Gasteiger partial charge on any atom is 0.274 e. The van der Waals surface area contributed by atoms with Crippen molar-refractivity contribution in [3.8, 4) is 5.88 Å². The topological polar surface area (TPSA) is 99.2 Å². The summed E-state index contributed by atoms with van der Waals surface area (Å²) >= 11 is 3.20. The van der Waals surface area contributed by atoms with Gasteiger partial charge in [-0.25, -0.2) is 17.6 Å². The maximum absolute atomic E-state index is 12.8. The van der Waals surface area contributed by atoms with Crippen LogP contribution in [0.4, 0.5) is 23.2 Å². The van der Waals surface area contributed by atoms with Gasteiger partial charge in [-0.3, -0.25) is 14.3 Å². The second-order valence-electron chi connectivity index (χ2n) is 5.61. The van der Waals surface area contributed by atoms with E-state index in [-0.39, 0.29) is 16.9 Å². The van der Waals surface area contributed by atoms with Crippen molar-refractivity contribution >= 4 is 33.4 Å². The lowest BCUT2D eigenvalue weighted by Gasteiger charge is -2.13. The Bertz CT molecular complexity index is 889. The van der Waals surface area contributed by atoms with Crippen LogP contribution in [0, 0.1) is 6.92 Å². The molecule has 12 heteroatoms. The minimum atomic E-state index is -2.86. The van der Waals surface area contributed by atoms with Crippen LogP contribution in [0.1, 0.15) is 26.4 Å². The smallest absolute Gasteiger partial charge is 0.274 e. The highest BCUT2D eigenvalue weighted by molar-refractivity contribution is 9.10. The summed E-state index contributed by atoms with van der Waals surface area (Å²) in [6, 6.07) is 3.95. The first-order valence-electron chi connectivity index (χ1n) is 7.76. The Balaban J connectivity index is 2.37. The highest BCUT2D eigenvalue weighted by Crippen LogP contribution is 2.26. The van der Waals surface area contributed by atoms with Gasteiger partial charge >= 0.3 is 0 Å². The maximum atomic E-state index is 12.8. The predicted molar refractivity (Wildman–Crippen MR) is 95.1 cm³/mol. The Morgan fingerprint density at radius 3 is 2.50 bits per heavy atom. The van der Waals surface area contributed by atoms with Crippen LogP contribution in [0.2, 0.25) is 0 Å². The molecular weight excluding hydrogens is 452 g/mol. The molecule has 28 heavy (non-hydrogen) atoms. The monoisotopic (exact) mass is 466 g/mol. The zero-order valence-electron chi connectivity index (χ0n) is 14.4. The van der Waals surface area contributed by atoms with Gasteiger partial charge in [0.05, 0.1) is 11.3 Å². The molecule has 152 valence electrons. The quantitative estimate of drug-likeness (QED) is 0.583. The molecule has 0 atom stereocenters. The lowest BCUT2D eigenvalue weighted by atomic mass is 10.1. The summed E-state index contributed by atoms with van der Waals surface area (Å²) in [4.78, 5) is 24.2. The Morgan fingerprint density at radius 1 is 1.25 bits per heavy atom. The van der Waals surface area contributed by atoms with Gasteiger partial charge in [-0.2, -0.15) is 0 Å². The van der Waals surface area contributed by atoms with Crippen molar-refractivity contribution in [3.63, 3.8) is 0 Å². The van der Waals surface area contributed by atoms with Gasteiger partial charge in [0.2, 0.25) is 5.88 Å². The number of carbonyl (C=O) groups excluding carboxylic acids is 2. The fourth-order valence-corrected chi connectivity index (χ4v) is 2.92. The van der Waals surface area contributed by atoms with Gasteiger partial charge in [0, 0.05) is 10.5 Å². The molecule has 0 saturated carbocycles. The van der Waals surface area contributed by atoms with Gasteiger partial charge < -0.3 is 15.8 Å². The molecule has 0 aliphatic heterocycles. The number of hydrogen-bond donors (Lipinski definition) is 2. The molecule has 2 rings (SSSR count). The first kappa shape index (κ1) is 21.7. The lowest BCUT2D eigenvalue weighted by molar-refractivity contribution is 0.0781. The highest BCUT2D eigenvalue weighted by atomic mass is 79.9. The average Bonchev–Trinajstić information content (AvgIpc) is 2.97. The number of nitrogens with zero attached hydrogens (tertiary/aromatic N) is 2. The van der Waals surface area contributed by atoms with Crippen LogP contribution in [-0.2, 0) is 6.54 Å². The van der Waals surface area contributed by atoms with E-state index in [0.29, 0.717) is 14.7 Å². The molecule has 0 bridgehead atoms. The van der Waals surface area contributed by atoms with Crippen molar-refractivity contribution in [3.05, 3.63) is 39.5 Å². The van der Waals surface area contributed by atoms with Crippen LogP contribution in [0.25, 0.3) is 0 Å². The number of anilines is 1. The number of nitrogens with one attached hydrogen (secondary N) is 1. The number of rotatable bonds is 8. The van der Waals surface area contributed by atoms with Gasteiger partial charge in [0.25, 0.3) is 24.7 Å². The van der Waals surface area contributed by atoms with Crippen LogP contribution < -0.4 is 15.8 Å². The van der Waals surface area contributed by atoms with E-state index in [9.17, 15) is 27.2 Å². The largest absolute Gasteiger partial charge is 0.471 e. The number of halogens is 5. The van der Waals surface area contributed by atoms with E-state index >= 15 is 0 Å². The molecule has 1 aromatic carbocycles. The molecule has 7 nitrogen and oxygen atoms in total. The molecule has 1 aromatic heterocycles. The number of alkyl halides is 4. The molecule has 0 fully saturated rings. The van der Waals surface area contributed by atoms with Gasteiger partial charge in [0.15, 0.2) is 6.61 Å². The second kappa shape index (κ2) is 9.04. The van der Waals surface area contributed by atoms with E-state index in [1.165, 1.54) is 6.07 Å². The van der Waals surface area contributed by atoms with Crippen molar-refractivity contribution < 1.29 is 31.9 Å².